The van der Waals surface area contributed by atoms with Gasteiger partial charge in [-0.15, -0.1) is 0 Å². The predicted octanol–water partition coefficient (Wildman–Crippen LogP) is 3.13. The van der Waals surface area contributed by atoms with Crippen molar-refractivity contribution in [2.45, 2.75) is 65.5 Å². The van der Waals surface area contributed by atoms with E-state index in [-0.39, 0.29) is 0 Å². The molecule has 2 nitrogen and oxygen atoms in total. The van der Waals surface area contributed by atoms with Crippen LogP contribution in [0.25, 0.3) is 0 Å². The third-order valence-corrected chi connectivity index (χ3v) is 5.42. The minimum absolute atomic E-state index is 0.718. The van der Waals surface area contributed by atoms with Crippen molar-refractivity contribution in [3.8, 4) is 0 Å². The van der Waals surface area contributed by atoms with Crippen molar-refractivity contribution in [1.82, 2.24) is 10.2 Å². The number of nitrogens with zero attached hydrogens (tertiary/aromatic N) is 1. The third-order valence-electron chi connectivity index (χ3n) is 5.42. The van der Waals surface area contributed by atoms with Gasteiger partial charge in [-0.05, 0) is 37.0 Å². The van der Waals surface area contributed by atoms with Crippen LogP contribution in [0.1, 0.15) is 53.4 Å². The topological polar surface area (TPSA) is 15.3 Å². The van der Waals surface area contributed by atoms with Gasteiger partial charge in [-0.1, -0.05) is 34.1 Å². The summed E-state index contributed by atoms with van der Waals surface area (Å²) in [5.74, 6) is 2.65. The van der Waals surface area contributed by atoms with Crippen LogP contribution < -0.4 is 5.32 Å². The summed E-state index contributed by atoms with van der Waals surface area (Å²) < 4.78 is 0. The molecule has 1 saturated heterocycles. The lowest BCUT2D eigenvalue weighted by molar-refractivity contribution is 0.0576. The largest absolute Gasteiger partial charge is 0.311 e. The van der Waals surface area contributed by atoms with Crippen LogP contribution in [-0.2, 0) is 0 Å². The van der Waals surface area contributed by atoms with Crippen molar-refractivity contribution in [1.29, 1.82) is 0 Å². The highest BCUT2D eigenvalue weighted by atomic mass is 15.2. The lowest BCUT2D eigenvalue weighted by Crippen LogP contribution is -2.57. The third kappa shape index (κ3) is 3.27. The molecule has 0 aromatic heterocycles. The van der Waals surface area contributed by atoms with Gasteiger partial charge in [0.05, 0.1) is 0 Å². The van der Waals surface area contributed by atoms with E-state index in [2.05, 4.69) is 37.9 Å². The fraction of sp³-hybridized carbons (Fsp3) is 1.00. The smallest absolute Gasteiger partial charge is 0.0221 e. The fourth-order valence-corrected chi connectivity index (χ4v) is 3.96. The average molecular weight is 252 g/mol. The van der Waals surface area contributed by atoms with Crippen LogP contribution >= 0.6 is 0 Å². The maximum absolute atomic E-state index is 3.72. The van der Waals surface area contributed by atoms with Crippen LogP contribution in [0.15, 0.2) is 0 Å². The first-order valence-corrected chi connectivity index (χ1v) is 8.09. The summed E-state index contributed by atoms with van der Waals surface area (Å²) in [4.78, 5) is 2.80. The monoisotopic (exact) mass is 252 g/mol. The zero-order valence-corrected chi connectivity index (χ0v) is 12.8. The lowest BCUT2D eigenvalue weighted by Gasteiger charge is -2.45. The van der Waals surface area contributed by atoms with Crippen molar-refractivity contribution in [3.05, 3.63) is 0 Å². The minimum atomic E-state index is 0.718. The van der Waals surface area contributed by atoms with Crippen molar-refractivity contribution in [3.63, 3.8) is 0 Å². The second-order valence-electron chi connectivity index (χ2n) is 6.90. The molecular formula is C16H32N2. The van der Waals surface area contributed by atoms with E-state index < -0.39 is 0 Å². The molecule has 0 amide bonds. The van der Waals surface area contributed by atoms with Crippen LogP contribution in [-0.4, -0.2) is 36.6 Å². The minimum Gasteiger partial charge on any atom is -0.311 e. The van der Waals surface area contributed by atoms with Crippen molar-refractivity contribution < 1.29 is 0 Å². The van der Waals surface area contributed by atoms with E-state index in [4.69, 9.17) is 0 Å². The second kappa shape index (κ2) is 6.38. The van der Waals surface area contributed by atoms with Crippen LogP contribution in [0.5, 0.6) is 0 Å². The van der Waals surface area contributed by atoms with Crippen LogP contribution in [0.2, 0.25) is 0 Å². The van der Waals surface area contributed by atoms with Crippen molar-refractivity contribution in [2.75, 3.05) is 19.6 Å². The number of rotatable bonds is 3. The molecule has 1 aliphatic carbocycles. The molecule has 5 atom stereocenters. The molecule has 2 heteroatoms. The molecule has 0 bridgehead atoms. The van der Waals surface area contributed by atoms with Gasteiger partial charge in [-0.3, -0.25) is 4.90 Å². The summed E-state index contributed by atoms with van der Waals surface area (Å²) in [6.07, 6.45) is 5.59. The summed E-state index contributed by atoms with van der Waals surface area (Å²) in [7, 11) is 0. The van der Waals surface area contributed by atoms with E-state index in [1.54, 1.807) is 0 Å². The first-order chi connectivity index (χ1) is 8.61. The number of hydrogen-bond donors (Lipinski definition) is 1. The molecule has 18 heavy (non-hydrogen) atoms. The molecule has 2 rings (SSSR count). The van der Waals surface area contributed by atoms with Gasteiger partial charge in [0, 0.05) is 31.7 Å². The first kappa shape index (κ1) is 14.3. The molecule has 0 aromatic rings. The molecule has 5 unspecified atom stereocenters. The normalized spacial score (nSPS) is 40.7. The summed E-state index contributed by atoms with van der Waals surface area (Å²) in [6, 6.07) is 1.57. The van der Waals surface area contributed by atoms with E-state index >= 15 is 0 Å². The van der Waals surface area contributed by atoms with Gasteiger partial charge in [0.2, 0.25) is 0 Å². The molecule has 106 valence electrons. The second-order valence-corrected chi connectivity index (χ2v) is 6.90. The Morgan fingerprint density at radius 1 is 1.28 bits per heavy atom. The maximum Gasteiger partial charge on any atom is 0.0221 e. The molecule has 2 fully saturated rings. The van der Waals surface area contributed by atoms with Crippen LogP contribution in [0, 0.1) is 17.8 Å². The zero-order valence-electron chi connectivity index (χ0n) is 12.8. The van der Waals surface area contributed by atoms with E-state index in [0.717, 1.165) is 29.8 Å². The van der Waals surface area contributed by atoms with Gasteiger partial charge in [0.15, 0.2) is 0 Å². The Hall–Kier alpha value is -0.0800. The summed E-state index contributed by atoms with van der Waals surface area (Å²) in [6.45, 7) is 13.3. The van der Waals surface area contributed by atoms with Crippen molar-refractivity contribution in [2.24, 2.45) is 17.8 Å². The highest BCUT2D eigenvalue weighted by Crippen LogP contribution is 2.32. The molecule has 0 radical (unpaired) electrons. The highest BCUT2D eigenvalue weighted by molar-refractivity contribution is 4.89. The molecule has 1 saturated carbocycles. The standard InChI is InChI=1S/C16H32N2/c1-5-13(3)15-11-18(9-8-17-15)16-7-6-12(2)10-14(16)4/h12-17H,5-11H2,1-4H3. The summed E-state index contributed by atoms with van der Waals surface area (Å²) in [5.41, 5.74) is 0. The van der Waals surface area contributed by atoms with E-state index in [1.165, 1.54) is 45.3 Å². The van der Waals surface area contributed by atoms with Gasteiger partial charge in [0.1, 0.15) is 0 Å². The van der Waals surface area contributed by atoms with Gasteiger partial charge >= 0.3 is 0 Å². The maximum atomic E-state index is 3.72. The van der Waals surface area contributed by atoms with Gasteiger partial charge in [-0.2, -0.15) is 0 Å². The molecular weight excluding hydrogens is 220 g/mol. The van der Waals surface area contributed by atoms with Gasteiger partial charge < -0.3 is 5.32 Å². The Balaban J connectivity index is 1.92. The molecule has 0 spiro atoms. The van der Waals surface area contributed by atoms with Crippen LogP contribution in [0.3, 0.4) is 0 Å². The van der Waals surface area contributed by atoms with Crippen molar-refractivity contribution >= 4 is 0 Å². The SMILES string of the molecule is CCC(C)C1CN(C2CCC(C)CC2C)CCN1. The fourth-order valence-electron chi connectivity index (χ4n) is 3.96. The number of hydrogen-bond acceptors (Lipinski definition) is 2. The average Bonchev–Trinajstić information content (AvgIpc) is 2.38. The Kier molecular flexibility index (Phi) is 5.08. The Morgan fingerprint density at radius 2 is 2.06 bits per heavy atom. The Bertz CT molecular complexity index is 253. The number of piperazine rings is 1. The lowest BCUT2D eigenvalue weighted by atomic mass is 9.78. The number of nitrogens with one attached hydrogen (secondary N) is 1. The van der Waals surface area contributed by atoms with Crippen LogP contribution in [0.4, 0.5) is 0 Å². The molecule has 1 heterocycles. The zero-order chi connectivity index (χ0) is 13.1. The Labute approximate surface area is 114 Å². The molecule has 1 aliphatic heterocycles. The summed E-state index contributed by atoms with van der Waals surface area (Å²) in [5, 5.41) is 3.72. The predicted molar refractivity (Wildman–Crippen MR) is 78.8 cm³/mol. The molecule has 1 N–H and O–H groups in total. The van der Waals surface area contributed by atoms with E-state index in [1.807, 2.05) is 0 Å². The van der Waals surface area contributed by atoms with E-state index in [9.17, 15) is 0 Å². The summed E-state index contributed by atoms with van der Waals surface area (Å²) >= 11 is 0. The highest BCUT2D eigenvalue weighted by Gasteiger charge is 2.33. The Morgan fingerprint density at radius 3 is 2.72 bits per heavy atom. The quantitative estimate of drug-likeness (QED) is 0.830. The molecule has 0 aromatic carbocycles. The molecule has 2 aliphatic rings. The van der Waals surface area contributed by atoms with Gasteiger partial charge in [-0.25, -0.2) is 0 Å². The van der Waals surface area contributed by atoms with E-state index in [0.29, 0.717) is 0 Å². The van der Waals surface area contributed by atoms with Gasteiger partial charge in [0.25, 0.3) is 0 Å². The first-order valence-electron chi connectivity index (χ1n) is 8.09.